The molecular weight excluding hydrogens is 372 g/mol. The van der Waals surface area contributed by atoms with Crippen LogP contribution in [-0.2, 0) is 6.54 Å². The predicted octanol–water partition coefficient (Wildman–Crippen LogP) is 3.44. The Hall–Kier alpha value is -3.33. The second-order valence-corrected chi connectivity index (χ2v) is 7.31. The van der Waals surface area contributed by atoms with Gasteiger partial charge in [0.25, 0.3) is 5.69 Å². The Morgan fingerprint density at radius 2 is 2.03 bits per heavy atom. The number of anilines is 1. The number of nitrogens with zero attached hydrogens (tertiary/aromatic N) is 6. The Kier molecular flexibility index (Phi) is 5.22. The van der Waals surface area contributed by atoms with Crippen LogP contribution in [0.4, 0.5) is 11.5 Å². The lowest BCUT2D eigenvalue weighted by Crippen LogP contribution is -2.23. The van der Waals surface area contributed by atoms with Crippen LogP contribution in [0.2, 0.25) is 0 Å². The molecule has 1 aliphatic heterocycles. The molecule has 1 aliphatic rings. The molecule has 1 saturated heterocycles. The highest BCUT2D eigenvalue weighted by Crippen LogP contribution is 2.33. The number of benzene rings is 1. The molecule has 29 heavy (non-hydrogen) atoms. The number of nitro groups is 1. The standard InChI is InChI=1S/C20H22N6O3/c1-24(2)18-10-7-15(12-21-18)19-22-20(29-23-19)17-4-3-11-25(17)13-14-5-8-16(9-6-14)26(27)28/h5-10,12,17H,3-4,11,13H2,1-2H3/t17-/m0/s1. The van der Waals surface area contributed by atoms with Crippen LogP contribution in [0.1, 0.15) is 30.3 Å². The molecule has 1 aromatic carbocycles. The molecule has 0 unspecified atom stereocenters. The third-order valence-corrected chi connectivity index (χ3v) is 5.09. The van der Waals surface area contributed by atoms with Crippen molar-refractivity contribution in [2.24, 2.45) is 0 Å². The zero-order valence-electron chi connectivity index (χ0n) is 16.4. The van der Waals surface area contributed by atoms with E-state index in [2.05, 4.69) is 20.0 Å². The molecule has 9 heteroatoms. The van der Waals surface area contributed by atoms with Crippen LogP contribution in [0.25, 0.3) is 11.4 Å². The van der Waals surface area contributed by atoms with Gasteiger partial charge in [-0.25, -0.2) is 4.98 Å². The summed E-state index contributed by atoms with van der Waals surface area (Å²) >= 11 is 0. The third kappa shape index (κ3) is 4.09. The number of likely N-dealkylation sites (tertiary alicyclic amines) is 1. The first-order valence-corrected chi connectivity index (χ1v) is 9.46. The number of rotatable bonds is 6. The minimum Gasteiger partial charge on any atom is -0.363 e. The fourth-order valence-corrected chi connectivity index (χ4v) is 3.52. The van der Waals surface area contributed by atoms with Crippen LogP contribution < -0.4 is 4.90 Å². The van der Waals surface area contributed by atoms with Gasteiger partial charge in [-0.3, -0.25) is 15.0 Å². The topological polar surface area (TPSA) is 101 Å². The predicted molar refractivity (Wildman–Crippen MR) is 107 cm³/mol. The smallest absolute Gasteiger partial charge is 0.269 e. The molecule has 0 saturated carbocycles. The lowest BCUT2D eigenvalue weighted by molar-refractivity contribution is -0.384. The van der Waals surface area contributed by atoms with Gasteiger partial charge >= 0.3 is 0 Å². The maximum absolute atomic E-state index is 10.8. The molecule has 150 valence electrons. The molecule has 0 aliphatic carbocycles. The molecular formula is C20H22N6O3. The van der Waals surface area contributed by atoms with Gasteiger partial charge < -0.3 is 9.42 Å². The van der Waals surface area contributed by atoms with Crippen LogP contribution in [-0.4, -0.2) is 45.6 Å². The Morgan fingerprint density at radius 3 is 2.69 bits per heavy atom. The summed E-state index contributed by atoms with van der Waals surface area (Å²) < 4.78 is 5.57. The summed E-state index contributed by atoms with van der Waals surface area (Å²) in [4.78, 5) is 23.6. The number of hydrogen-bond acceptors (Lipinski definition) is 8. The zero-order valence-corrected chi connectivity index (χ0v) is 16.4. The summed E-state index contributed by atoms with van der Waals surface area (Å²) in [5, 5.41) is 15.0. The van der Waals surface area contributed by atoms with Gasteiger partial charge in [-0.2, -0.15) is 4.98 Å². The first kappa shape index (κ1) is 19.0. The van der Waals surface area contributed by atoms with Crippen molar-refractivity contribution in [3.05, 3.63) is 64.2 Å². The largest absolute Gasteiger partial charge is 0.363 e. The fraction of sp³-hybridized carbons (Fsp3) is 0.350. The second-order valence-electron chi connectivity index (χ2n) is 7.31. The molecule has 0 radical (unpaired) electrons. The van der Waals surface area contributed by atoms with Gasteiger partial charge in [-0.15, -0.1) is 0 Å². The highest BCUT2D eigenvalue weighted by atomic mass is 16.6. The van der Waals surface area contributed by atoms with E-state index < -0.39 is 0 Å². The van der Waals surface area contributed by atoms with Crippen molar-refractivity contribution in [1.82, 2.24) is 20.0 Å². The van der Waals surface area contributed by atoms with Crippen LogP contribution in [0, 0.1) is 10.1 Å². The number of aromatic nitrogens is 3. The van der Waals surface area contributed by atoms with Crippen LogP contribution in [0.3, 0.4) is 0 Å². The maximum Gasteiger partial charge on any atom is 0.269 e. The molecule has 1 fully saturated rings. The Labute approximate surface area is 168 Å². The number of pyridine rings is 1. The highest BCUT2D eigenvalue weighted by Gasteiger charge is 2.31. The van der Waals surface area contributed by atoms with E-state index in [1.165, 1.54) is 12.1 Å². The van der Waals surface area contributed by atoms with Gasteiger partial charge in [0.1, 0.15) is 5.82 Å². The van der Waals surface area contributed by atoms with Gasteiger partial charge in [0, 0.05) is 44.5 Å². The molecule has 2 aromatic heterocycles. The van der Waals surface area contributed by atoms with Gasteiger partial charge in [0.15, 0.2) is 0 Å². The highest BCUT2D eigenvalue weighted by molar-refractivity contribution is 5.55. The first-order valence-electron chi connectivity index (χ1n) is 9.46. The fourth-order valence-electron chi connectivity index (χ4n) is 3.52. The summed E-state index contributed by atoms with van der Waals surface area (Å²) in [6, 6.07) is 10.6. The lowest BCUT2D eigenvalue weighted by Gasteiger charge is -2.21. The summed E-state index contributed by atoms with van der Waals surface area (Å²) in [5.74, 6) is 1.98. The van der Waals surface area contributed by atoms with E-state index in [9.17, 15) is 10.1 Å². The van der Waals surface area contributed by atoms with E-state index in [-0.39, 0.29) is 16.7 Å². The first-order chi connectivity index (χ1) is 14.0. The minimum absolute atomic E-state index is 0.0421. The molecule has 0 N–H and O–H groups in total. The van der Waals surface area contributed by atoms with E-state index in [4.69, 9.17) is 4.52 Å². The molecule has 0 amide bonds. The van der Waals surface area contributed by atoms with Crippen molar-refractivity contribution in [3.8, 4) is 11.4 Å². The van der Waals surface area contributed by atoms with E-state index in [0.717, 1.165) is 36.3 Å². The van der Waals surface area contributed by atoms with Crippen LogP contribution in [0.15, 0.2) is 47.1 Å². The van der Waals surface area contributed by atoms with E-state index in [1.807, 2.05) is 31.1 Å². The quantitative estimate of drug-likeness (QED) is 0.463. The monoisotopic (exact) mass is 394 g/mol. The number of non-ortho nitro benzene ring substituents is 1. The van der Waals surface area contributed by atoms with Crippen molar-refractivity contribution < 1.29 is 9.45 Å². The summed E-state index contributed by atoms with van der Waals surface area (Å²) in [6.45, 7) is 1.60. The van der Waals surface area contributed by atoms with Gasteiger partial charge in [0.2, 0.25) is 11.7 Å². The molecule has 4 rings (SSSR count). The molecule has 0 spiro atoms. The van der Waals surface area contributed by atoms with E-state index >= 15 is 0 Å². The molecule has 1 atom stereocenters. The molecule has 3 heterocycles. The Balaban J connectivity index is 1.48. The van der Waals surface area contributed by atoms with Crippen LogP contribution in [0.5, 0.6) is 0 Å². The Bertz CT molecular complexity index is 984. The van der Waals surface area contributed by atoms with Gasteiger partial charge in [-0.05, 0) is 37.1 Å². The van der Waals surface area contributed by atoms with Crippen molar-refractivity contribution in [3.63, 3.8) is 0 Å². The molecule has 0 bridgehead atoms. The van der Waals surface area contributed by atoms with Crippen molar-refractivity contribution in [2.75, 3.05) is 25.5 Å². The maximum atomic E-state index is 10.8. The van der Waals surface area contributed by atoms with Crippen molar-refractivity contribution >= 4 is 11.5 Å². The molecule has 3 aromatic rings. The lowest BCUT2D eigenvalue weighted by atomic mass is 10.1. The average molecular weight is 394 g/mol. The second kappa shape index (κ2) is 7.96. The van der Waals surface area contributed by atoms with Gasteiger partial charge in [0.05, 0.1) is 11.0 Å². The average Bonchev–Trinajstić information content (AvgIpc) is 3.38. The van der Waals surface area contributed by atoms with Gasteiger partial charge in [-0.1, -0.05) is 17.3 Å². The summed E-state index contributed by atoms with van der Waals surface area (Å²) in [5.41, 5.74) is 1.93. The number of hydrogen-bond donors (Lipinski definition) is 0. The zero-order chi connectivity index (χ0) is 20.4. The van der Waals surface area contributed by atoms with Crippen molar-refractivity contribution in [1.29, 1.82) is 0 Å². The summed E-state index contributed by atoms with van der Waals surface area (Å²) in [7, 11) is 3.88. The normalized spacial score (nSPS) is 16.8. The van der Waals surface area contributed by atoms with E-state index in [0.29, 0.717) is 18.3 Å². The van der Waals surface area contributed by atoms with E-state index in [1.54, 1.807) is 18.3 Å². The van der Waals surface area contributed by atoms with Crippen molar-refractivity contribution in [2.45, 2.75) is 25.4 Å². The summed E-state index contributed by atoms with van der Waals surface area (Å²) in [6.07, 6.45) is 3.72. The minimum atomic E-state index is -0.387. The van der Waals surface area contributed by atoms with Crippen LogP contribution >= 0.6 is 0 Å². The SMILES string of the molecule is CN(C)c1ccc(-c2noc([C@@H]3CCCN3Cc3ccc([N+](=O)[O-])cc3)n2)cn1. The molecule has 9 nitrogen and oxygen atoms in total. The third-order valence-electron chi connectivity index (χ3n) is 5.09. The number of nitro benzene ring substituents is 1. The Morgan fingerprint density at radius 1 is 1.24 bits per heavy atom.